The maximum atomic E-state index is 11.9. The van der Waals surface area contributed by atoms with Crippen molar-refractivity contribution < 1.29 is 4.79 Å². The van der Waals surface area contributed by atoms with Crippen LogP contribution in [0.15, 0.2) is 0 Å². The minimum atomic E-state index is 0.245. The highest BCUT2D eigenvalue weighted by atomic mass is 16.2. The lowest BCUT2D eigenvalue weighted by Gasteiger charge is -2.25. The monoisotopic (exact) mass is 225 g/mol. The molecular weight excluding hydrogens is 202 g/mol. The highest BCUT2D eigenvalue weighted by molar-refractivity contribution is 5.78. The second-order valence-corrected chi connectivity index (χ2v) is 5.40. The van der Waals surface area contributed by atoms with Crippen molar-refractivity contribution in [3.8, 4) is 0 Å². The summed E-state index contributed by atoms with van der Waals surface area (Å²) in [4.78, 5) is 16.1. The molecule has 2 atom stereocenters. The summed E-state index contributed by atoms with van der Waals surface area (Å²) < 4.78 is 0. The van der Waals surface area contributed by atoms with Crippen molar-refractivity contribution in [1.29, 1.82) is 0 Å². The molecule has 0 aromatic carbocycles. The maximum absolute atomic E-state index is 11.9. The molecule has 1 amide bonds. The van der Waals surface area contributed by atoms with Crippen LogP contribution >= 0.6 is 0 Å². The molecule has 4 nitrogen and oxygen atoms in total. The normalized spacial score (nSPS) is 29.8. The zero-order chi connectivity index (χ0) is 11.7. The Bertz CT molecular complexity index is 255. The van der Waals surface area contributed by atoms with E-state index in [0.29, 0.717) is 18.6 Å². The molecule has 0 radical (unpaired) electrons. The number of hydrogen-bond acceptors (Lipinski definition) is 3. The number of amides is 1. The van der Waals surface area contributed by atoms with Crippen LogP contribution in [0.5, 0.6) is 0 Å². The first kappa shape index (κ1) is 11.9. The van der Waals surface area contributed by atoms with Crippen molar-refractivity contribution in [2.75, 3.05) is 33.2 Å². The summed E-state index contributed by atoms with van der Waals surface area (Å²) in [6, 6.07) is 0.935. The fourth-order valence-corrected chi connectivity index (χ4v) is 2.66. The summed E-state index contributed by atoms with van der Waals surface area (Å²) >= 11 is 0. The Morgan fingerprint density at radius 1 is 1.50 bits per heavy atom. The molecule has 0 aliphatic carbocycles. The summed E-state index contributed by atoms with van der Waals surface area (Å²) in [6.07, 6.45) is 1.27. The molecule has 0 bridgehead atoms. The molecular formula is C12H23N3O. The summed E-state index contributed by atoms with van der Waals surface area (Å²) in [5.41, 5.74) is 0. The first-order valence-corrected chi connectivity index (χ1v) is 6.29. The van der Waals surface area contributed by atoms with Gasteiger partial charge in [-0.25, -0.2) is 0 Å². The maximum Gasteiger partial charge on any atom is 0.236 e. The zero-order valence-corrected chi connectivity index (χ0v) is 10.6. The Labute approximate surface area is 98.0 Å². The van der Waals surface area contributed by atoms with Gasteiger partial charge in [0.05, 0.1) is 6.54 Å². The van der Waals surface area contributed by atoms with Crippen LogP contribution in [0.2, 0.25) is 0 Å². The third-order valence-corrected chi connectivity index (χ3v) is 3.97. The van der Waals surface area contributed by atoms with Crippen LogP contribution in [0.25, 0.3) is 0 Å². The Hall–Kier alpha value is -0.610. The van der Waals surface area contributed by atoms with Gasteiger partial charge in [0.25, 0.3) is 0 Å². The molecule has 2 fully saturated rings. The van der Waals surface area contributed by atoms with Crippen LogP contribution in [-0.4, -0.2) is 61.0 Å². The minimum Gasteiger partial charge on any atom is -0.342 e. The van der Waals surface area contributed by atoms with Crippen molar-refractivity contribution in [3.63, 3.8) is 0 Å². The number of carbonyl (C=O) groups is 1. The van der Waals surface area contributed by atoms with E-state index in [9.17, 15) is 4.79 Å². The molecule has 2 heterocycles. The summed E-state index contributed by atoms with van der Waals surface area (Å²) in [6.45, 7) is 7.99. The fourth-order valence-electron chi connectivity index (χ4n) is 2.66. The van der Waals surface area contributed by atoms with E-state index in [1.165, 1.54) is 6.42 Å². The average molecular weight is 225 g/mol. The first-order valence-electron chi connectivity index (χ1n) is 6.29. The Kier molecular flexibility index (Phi) is 3.50. The molecule has 0 aromatic rings. The SMILES string of the molecule is CC(C)N(C)C(=O)CN1C[C@@H]2CCN[C@@H]2C1. The molecule has 92 valence electrons. The second-order valence-electron chi connectivity index (χ2n) is 5.40. The average Bonchev–Trinajstić information content (AvgIpc) is 2.76. The summed E-state index contributed by atoms with van der Waals surface area (Å²) in [7, 11) is 1.89. The van der Waals surface area contributed by atoms with Crippen LogP contribution in [0, 0.1) is 5.92 Å². The van der Waals surface area contributed by atoms with E-state index in [1.807, 2.05) is 11.9 Å². The van der Waals surface area contributed by atoms with Crippen LogP contribution in [0.4, 0.5) is 0 Å². The number of nitrogens with zero attached hydrogens (tertiary/aromatic N) is 2. The highest BCUT2D eigenvalue weighted by Crippen LogP contribution is 2.24. The van der Waals surface area contributed by atoms with Crippen molar-refractivity contribution >= 4 is 5.91 Å². The van der Waals surface area contributed by atoms with E-state index in [4.69, 9.17) is 0 Å². The number of rotatable bonds is 3. The largest absolute Gasteiger partial charge is 0.342 e. The van der Waals surface area contributed by atoms with Gasteiger partial charge >= 0.3 is 0 Å². The van der Waals surface area contributed by atoms with E-state index in [1.54, 1.807) is 0 Å². The number of fused-ring (bicyclic) bond motifs is 1. The van der Waals surface area contributed by atoms with Crippen LogP contribution in [0.3, 0.4) is 0 Å². The van der Waals surface area contributed by atoms with E-state index in [0.717, 1.165) is 25.6 Å². The Balaban J connectivity index is 1.81. The quantitative estimate of drug-likeness (QED) is 0.742. The van der Waals surface area contributed by atoms with E-state index < -0.39 is 0 Å². The molecule has 0 unspecified atom stereocenters. The van der Waals surface area contributed by atoms with E-state index in [2.05, 4.69) is 24.1 Å². The second kappa shape index (κ2) is 4.72. The van der Waals surface area contributed by atoms with Crippen molar-refractivity contribution in [1.82, 2.24) is 15.1 Å². The van der Waals surface area contributed by atoms with E-state index in [-0.39, 0.29) is 5.91 Å². The van der Waals surface area contributed by atoms with Gasteiger partial charge in [-0.15, -0.1) is 0 Å². The van der Waals surface area contributed by atoms with Crippen molar-refractivity contribution in [2.24, 2.45) is 5.92 Å². The van der Waals surface area contributed by atoms with Gasteiger partial charge in [-0.1, -0.05) is 0 Å². The van der Waals surface area contributed by atoms with Crippen LogP contribution in [-0.2, 0) is 4.79 Å². The molecule has 0 aromatic heterocycles. The van der Waals surface area contributed by atoms with Crippen molar-refractivity contribution in [3.05, 3.63) is 0 Å². The number of likely N-dealkylation sites (N-methyl/N-ethyl adjacent to an activating group) is 1. The van der Waals surface area contributed by atoms with Gasteiger partial charge in [0.15, 0.2) is 0 Å². The van der Waals surface area contributed by atoms with Gasteiger partial charge in [-0.05, 0) is 32.7 Å². The zero-order valence-electron chi connectivity index (χ0n) is 10.6. The molecule has 2 aliphatic heterocycles. The fraction of sp³-hybridized carbons (Fsp3) is 0.917. The van der Waals surface area contributed by atoms with Crippen molar-refractivity contribution in [2.45, 2.75) is 32.4 Å². The number of likely N-dealkylation sites (tertiary alicyclic amines) is 1. The molecule has 1 N–H and O–H groups in total. The van der Waals surface area contributed by atoms with Gasteiger partial charge in [0.1, 0.15) is 0 Å². The van der Waals surface area contributed by atoms with E-state index >= 15 is 0 Å². The highest BCUT2D eigenvalue weighted by Gasteiger charge is 2.36. The predicted octanol–water partition coefficient (Wildman–Crippen LogP) is 0.147. The molecule has 2 rings (SSSR count). The number of hydrogen-bond donors (Lipinski definition) is 1. The minimum absolute atomic E-state index is 0.245. The topological polar surface area (TPSA) is 35.6 Å². The molecule has 2 aliphatic rings. The lowest BCUT2D eigenvalue weighted by Crippen LogP contribution is -2.41. The summed E-state index contributed by atoms with van der Waals surface area (Å²) in [5.74, 6) is 1.02. The third kappa shape index (κ3) is 2.38. The first-order chi connectivity index (χ1) is 7.58. The lowest BCUT2D eigenvalue weighted by molar-refractivity contribution is -0.132. The van der Waals surface area contributed by atoms with Crippen LogP contribution in [0.1, 0.15) is 20.3 Å². The number of nitrogens with one attached hydrogen (secondary N) is 1. The molecule has 4 heteroatoms. The smallest absolute Gasteiger partial charge is 0.236 e. The Morgan fingerprint density at radius 3 is 2.88 bits per heavy atom. The molecule has 0 spiro atoms. The molecule has 0 saturated carbocycles. The standard InChI is InChI=1S/C12H23N3O/c1-9(2)14(3)12(16)8-15-6-10-4-5-13-11(10)7-15/h9-11,13H,4-8H2,1-3H3/t10-,11+/m0/s1. The van der Waals surface area contributed by atoms with Gasteiger partial charge in [-0.3, -0.25) is 9.69 Å². The number of carbonyl (C=O) groups excluding carboxylic acids is 1. The van der Waals surface area contributed by atoms with Gasteiger partial charge in [-0.2, -0.15) is 0 Å². The Morgan fingerprint density at radius 2 is 2.25 bits per heavy atom. The lowest BCUT2D eigenvalue weighted by atomic mass is 10.1. The molecule has 2 saturated heterocycles. The van der Waals surface area contributed by atoms with Crippen LogP contribution < -0.4 is 5.32 Å². The van der Waals surface area contributed by atoms with Gasteiger partial charge in [0, 0.05) is 32.2 Å². The van der Waals surface area contributed by atoms with Gasteiger partial charge < -0.3 is 10.2 Å². The molecule has 16 heavy (non-hydrogen) atoms. The summed E-state index contributed by atoms with van der Waals surface area (Å²) in [5, 5.41) is 3.51. The third-order valence-electron chi connectivity index (χ3n) is 3.97. The van der Waals surface area contributed by atoms with Gasteiger partial charge in [0.2, 0.25) is 5.91 Å². The predicted molar refractivity (Wildman–Crippen MR) is 64.2 cm³/mol.